The number of rotatable bonds is 11. The van der Waals surface area contributed by atoms with Gasteiger partial charge in [-0.25, -0.2) is 9.97 Å². The zero-order valence-corrected chi connectivity index (χ0v) is 18.9. The SMILES string of the molecule is C#C.CCCCCCOc1ccc(Cn2c(C)cc(OCc3ncccn3)cc2=O)cc1. The first-order valence-electron chi connectivity index (χ1n) is 10.8. The fourth-order valence-electron chi connectivity index (χ4n) is 3.13. The summed E-state index contributed by atoms with van der Waals surface area (Å²) in [7, 11) is 0. The monoisotopic (exact) mass is 433 g/mol. The van der Waals surface area contributed by atoms with Crippen molar-refractivity contribution in [2.75, 3.05) is 6.61 Å². The first kappa shape index (κ1) is 24.7. The van der Waals surface area contributed by atoms with Crippen LogP contribution >= 0.6 is 0 Å². The largest absolute Gasteiger partial charge is 0.494 e. The predicted molar refractivity (Wildman–Crippen MR) is 127 cm³/mol. The maximum absolute atomic E-state index is 12.6. The van der Waals surface area contributed by atoms with Gasteiger partial charge in [0.25, 0.3) is 5.56 Å². The van der Waals surface area contributed by atoms with Crippen LogP contribution in [0.4, 0.5) is 0 Å². The summed E-state index contributed by atoms with van der Waals surface area (Å²) in [6, 6.07) is 13.1. The van der Waals surface area contributed by atoms with Gasteiger partial charge in [0.2, 0.25) is 0 Å². The minimum absolute atomic E-state index is 0.102. The molecular weight excluding hydrogens is 402 g/mol. The van der Waals surface area contributed by atoms with Gasteiger partial charge in [-0.15, -0.1) is 12.8 Å². The molecule has 0 bridgehead atoms. The van der Waals surface area contributed by atoms with E-state index in [1.807, 2.05) is 37.3 Å². The van der Waals surface area contributed by atoms with Crippen molar-refractivity contribution >= 4 is 0 Å². The lowest BCUT2D eigenvalue weighted by Gasteiger charge is -2.13. The van der Waals surface area contributed by atoms with Crippen LogP contribution in [0.15, 0.2) is 59.7 Å². The summed E-state index contributed by atoms with van der Waals surface area (Å²) in [5, 5.41) is 0. The highest BCUT2D eigenvalue weighted by atomic mass is 16.5. The van der Waals surface area contributed by atoms with Crippen LogP contribution in [0.3, 0.4) is 0 Å². The van der Waals surface area contributed by atoms with E-state index in [0.717, 1.165) is 30.0 Å². The van der Waals surface area contributed by atoms with Crippen molar-refractivity contribution in [2.24, 2.45) is 0 Å². The maximum atomic E-state index is 12.6. The maximum Gasteiger partial charge on any atom is 0.254 e. The van der Waals surface area contributed by atoms with Gasteiger partial charge in [-0.3, -0.25) is 4.79 Å². The Hall–Kier alpha value is -3.59. The van der Waals surface area contributed by atoms with E-state index in [9.17, 15) is 4.79 Å². The number of unbranched alkanes of at least 4 members (excludes halogenated alkanes) is 3. The van der Waals surface area contributed by atoms with Crippen molar-refractivity contribution in [3.05, 3.63) is 82.3 Å². The Morgan fingerprint density at radius 3 is 2.31 bits per heavy atom. The molecule has 0 aliphatic heterocycles. The number of ether oxygens (including phenoxy) is 2. The Bertz CT molecular complexity index is 1010. The van der Waals surface area contributed by atoms with Crippen molar-refractivity contribution in [3.8, 4) is 24.3 Å². The number of hydrogen-bond acceptors (Lipinski definition) is 5. The van der Waals surface area contributed by atoms with E-state index in [1.54, 1.807) is 23.0 Å². The van der Waals surface area contributed by atoms with Crippen LogP contribution in [0.1, 0.15) is 49.7 Å². The molecule has 0 saturated heterocycles. The molecule has 3 aromatic rings. The molecule has 0 aliphatic carbocycles. The summed E-state index contributed by atoms with van der Waals surface area (Å²) in [5.41, 5.74) is 1.78. The lowest BCUT2D eigenvalue weighted by molar-refractivity contribution is 0.294. The average molecular weight is 434 g/mol. The van der Waals surface area contributed by atoms with Crippen LogP contribution < -0.4 is 15.0 Å². The van der Waals surface area contributed by atoms with Gasteiger partial charge in [0, 0.05) is 24.2 Å². The van der Waals surface area contributed by atoms with E-state index in [1.165, 1.54) is 25.3 Å². The van der Waals surface area contributed by atoms with Gasteiger partial charge in [-0.05, 0) is 43.2 Å². The van der Waals surface area contributed by atoms with Crippen LogP contribution in [0.5, 0.6) is 11.5 Å². The smallest absolute Gasteiger partial charge is 0.254 e. The van der Waals surface area contributed by atoms with Gasteiger partial charge >= 0.3 is 0 Å². The number of benzene rings is 1. The van der Waals surface area contributed by atoms with E-state index in [0.29, 0.717) is 18.1 Å². The lowest BCUT2D eigenvalue weighted by atomic mass is 10.2. The minimum Gasteiger partial charge on any atom is -0.494 e. The summed E-state index contributed by atoms with van der Waals surface area (Å²) in [4.78, 5) is 20.8. The van der Waals surface area contributed by atoms with Gasteiger partial charge in [-0.1, -0.05) is 38.3 Å². The van der Waals surface area contributed by atoms with Gasteiger partial charge in [-0.2, -0.15) is 0 Å². The van der Waals surface area contributed by atoms with Gasteiger partial charge < -0.3 is 14.0 Å². The molecule has 6 nitrogen and oxygen atoms in total. The van der Waals surface area contributed by atoms with E-state index in [-0.39, 0.29) is 12.2 Å². The first-order valence-corrected chi connectivity index (χ1v) is 10.8. The zero-order chi connectivity index (χ0) is 23.2. The van der Waals surface area contributed by atoms with Crippen LogP contribution in [-0.4, -0.2) is 21.1 Å². The predicted octanol–water partition coefficient (Wildman–Crippen LogP) is 4.78. The number of aryl methyl sites for hydroxylation is 1. The molecule has 168 valence electrons. The number of hydrogen-bond donors (Lipinski definition) is 0. The molecule has 0 unspecified atom stereocenters. The molecule has 2 aromatic heterocycles. The second-order valence-corrected chi connectivity index (χ2v) is 7.26. The molecular formula is C26H31N3O3. The van der Waals surface area contributed by atoms with Crippen molar-refractivity contribution < 1.29 is 9.47 Å². The molecule has 3 rings (SSSR count). The number of pyridine rings is 1. The third-order valence-electron chi connectivity index (χ3n) is 4.83. The first-order chi connectivity index (χ1) is 15.7. The summed E-state index contributed by atoms with van der Waals surface area (Å²) in [6.45, 7) is 5.58. The minimum atomic E-state index is -0.102. The highest BCUT2D eigenvalue weighted by molar-refractivity contribution is 5.29. The van der Waals surface area contributed by atoms with Crippen molar-refractivity contribution in [1.29, 1.82) is 0 Å². The second kappa shape index (κ2) is 13.7. The van der Waals surface area contributed by atoms with E-state index in [2.05, 4.69) is 29.7 Å². The Labute approximate surface area is 190 Å². The topological polar surface area (TPSA) is 66.2 Å². The number of terminal acetylenes is 1. The molecule has 0 amide bonds. The van der Waals surface area contributed by atoms with Crippen molar-refractivity contribution in [3.63, 3.8) is 0 Å². The van der Waals surface area contributed by atoms with Crippen LogP contribution in [-0.2, 0) is 13.2 Å². The van der Waals surface area contributed by atoms with E-state index < -0.39 is 0 Å². The fourth-order valence-corrected chi connectivity index (χ4v) is 3.13. The summed E-state index contributed by atoms with van der Waals surface area (Å²) in [5.74, 6) is 1.96. The molecule has 0 spiro atoms. The molecule has 0 aliphatic rings. The quantitative estimate of drug-likeness (QED) is 0.322. The summed E-state index contributed by atoms with van der Waals surface area (Å²) in [6.07, 6.45) is 16.1. The highest BCUT2D eigenvalue weighted by Crippen LogP contribution is 2.16. The second-order valence-electron chi connectivity index (χ2n) is 7.26. The van der Waals surface area contributed by atoms with Gasteiger partial charge in [0.05, 0.1) is 13.2 Å². The third kappa shape index (κ3) is 7.92. The van der Waals surface area contributed by atoms with Crippen molar-refractivity contribution in [2.45, 2.75) is 52.7 Å². The van der Waals surface area contributed by atoms with Crippen LogP contribution in [0, 0.1) is 19.8 Å². The Morgan fingerprint density at radius 2 is 1.66 bits per heavy atom. The number of aromatic nitrogens is 3. The van der Waals surface area contributed by atoms with Gasteiger partial charge in [0.1, 0.15) is 18.1 Å². The molecule has 32 heavy (non-hydrogen) atoms. The molecule has 0 N–H and O–H groups in total. The number of nitrogens with zero attached hydrogens (tertiary/aromatic N) is 3. The van der Waals surface area contributed by atoms with Crippen LogP contribution in [0.2, 0.25) is 0 Å². The Balaban J connectivity index is 0.00000176. The third-order valence-corrected chi connectivity index (χ3v) is 4.83. The molecule has 0 saturated carbocycles. The molecule has 0 fully saturated rings. The zero-order valence-electron chi connectivity index (χ0n) is 18.9. The standard InChI is InChI=1S/C24H29N3O3.C2H2/c1-3-4-5-6-14-29-21-10-8-20(9-11-21)17-27-19(2)15-22(16-24(27)28)30-18-23-25-12-7-13-26-23;1-2/h7-13,15-16H,3-6,14,17-18H2,1-2H3;1-2H. The molecule has 6 heteroatoms. The van der Waals surface area contributed by atoms with E-state index in [4.69, 9.17) is 9.47 Å². The lowest BCUT2D eigenvalue weighted by Crippen LogP contribution is -2.22. The molecule has 0 radical (unpaired) electrons. The van der Waals surface area contributed by atoms with Crippen molar-refractivity contribution in [1.82, 2.24) is 14.5 Å². The molecule has 2 heterocycles. The molecule has 1 aromatic carbocycles. The Morgan fingerprint density at radius 1 is 0.938 bits per heavy atom. The van der Waals surface area contributed by atoms with Gasteiger partial charge in [0.15, 0.2) is 5.82 Å². The summed E-state index contributed by atoms with van der Waals surface area (Å²) >= 11 is 0. The van der Waals surface area contributed by atoms with E-state index >= 15 is 0 Å². The summed E-state index contributed by atoms with van der Waals surface area (Å²) < 4.78 is 13.2. The average Bonchev–Trinajstić information content (AvgIpc) is 2.83. The van der Waals surface area contributed by atoms with Crippen LogP contribution in [0.25, 0.3) is 0 Å². The highest BCUT2D eigenvalue weighted by Gasteiger charge is 2.07. The normalized spacial score (nSPS) is 10.1. The fraction of sp³-hybridized carbons (Fsp3) is 0.346. The molecule has 0 atom stereocenters. The Kier molecular flexibility index (Phi) is 10.5.